The van der Waals surface area contributed by atoms with Crippen LogP contribution in [0.2, 0.25) is 5.02 Å². The van der Waals surface area contributed by atoms with Gasteiger partial charge in [0.05, 0.1) is 11.9 Å². The molecule has 84 valence electrons. The lowest BCUT2D eigenvalue weighted by Crippen LogP contribution is -2.11. The first kappa shape index (κ1) is 11.2. The Balaban J connectivity index is 2.56. The van der Waals surface area contributed by atoms with Crippen molar-refractivity contribution < 1.29 is 0 Å². The standard InChI is InChI=1S/C12H14ClN3/c1-8(14)12-11(7-15-16(12)2)9-4-3-5-10(13)6-9/h3-8H,14H2,1-2H3. The van der Waals surface area contributed by atoms with E-state index in [4.69, 9.17) is 17.3 Å². The molecule has 3 nitrogen and oxygen atoms in total. The van der Waals surface area contributed by atoms with Crippen molar-refractivity contribution in [3.05, 3.63) is 41.2 Å². The Kier molecular flexibility index (Phi) is 2.99. The molecule has 0 aliphatic rings. The third kappa shape index (κ3) is 1.96. The fourth-order valence-corrected chi connectivity index (χ4v) is 2.06. The smallest absolute Gasteiger partial charge is 0.0623 e. The van der Waals surface area contributed by atoms with Crippen LogP contribution in [0.3, 0.4) is 0 Å². The van der Waals surface area contributed by atoms with E-state index in [0.29, 0.717) is 0 Å². The van der Waals surface area contributed by atoms with E-state index in [1.807, 2.05) is 44.4 Å². The van der Waals surface area contributed by atoms with E-state index in [1.165, 1.54) is 0 Å². The Hall–Kier alpha value is -1.32. The maximum atomic E-state index is 5.98. The fraction of sp³-hybridized carbons (Fsp3) is 0.250. The molecule has 1 unspecified atom stereocenters. The van der Waals surface area contributed by atoms with Crippen molar-refractivity contribution in [3.8, 4) is 11.1 Å². The molecule has 0 amide bonds. The van der Waals surface area contributed by atoms with Crippen LogP contribution >= 0.6 is 11.6 Å². The summed E-state index contributed by atoms with van der Waals surface area (Å²) < 4.78 is 1.81. The van der Waals surface area contributed by atoms with Gasteiger partial charge in [-0.05, 0) is 24.6 Å². The minimum Gasteiger partial charge on any atom is -0.323 e. The van der Waals surface area contributed by atoms with Crippen molar-refractivity contribution in [1.82, 2.24) is 9.78 Å². The molecular formula is C12H14ClN3. The zero-order valence-electron chi connectivity index (χ0n) is 9.31. The zero-order valence-corrected chi connectivity index (χ0v) is 10.1. The molecule has 0 aliphatic carbocycles. The van der Waals surface area contributed by atoms with Crippen LogP contribution in [0, 0.1) is 0 Å². The van der Waals surface area contributed by atoms with Gasteiger partial charge in [0, 0.05) is 23.7 Å². The summed E-state index contributed by atoms with van der Waals surface area (Å²) in [5, 5.41) is 4.96. The highest BCUT2D eigenvalue weighted by atomic mass is 35.5. The number of nitrogens with two attached hydrogens (primary N) is 1. The molecular weight excluding hydrogens is 222 g/mol. The molecule has 1 heterocycles. The van der Waals surface area contributed by atoms with Gasteiger partial charge in [-0.1, -0.05) is 23.7 Å². The summed E-state index contributed by atoms with van der Waals surface area (Å²) in [6.45, 7) is 1.95. The molecule has 0 saturated carbocycles. The lowest BCUT2D eigenvalue weighted by Gasteiger charge is -2.09. The van der Waals surface area contributed by atoms with E-state index in [9.17, 15) is 0 Å². The molecule has 0 radical (unpaired) electrons. The normalized spacial score (nSPS) is 12.8. The van der Waals surface area contributed by atoms with E-state index in [2.05, 4.69) is 5.10 Å². The molecule has 0 saturated heterocycles. The summed E-state index contributed by atoms with van der Waals surface area (Å²) >= 11 is 5.98. The number of hydrogen-bond donors (Lipinski definition) is 1. The first-order chi connectivity index (χ1) is 7.59. The Morgan fingerprint density at radius 3 is 2.81 bits per heavy atom. The van der Waals surface area contributed by atoms with E-state index in [0.717, 1.165) is 21.8 Å². The Labute approximate surface area is 99.8 Å². The van der Waals surface area contributed by atoms with E-state index in [1.54, 1.807) is 4.68 Å². The SMILES string of the molecule is CC(N)c1c(-c2cccc(Cl)c2)cnn1C. The number of nitrogens with zero attached hydrogens (tertiary/aromatic N) is 2. The average molecular weight is 236 g/mol. The predicted molar refractivity (Wildman–Crippen MR) is 66.3 cm³/mol. The summed E-state index contributed by atoms with van der Waals surface area (Å²) in [5.74, 6) is 0. The predicted octanol–water partition coefficient (Wildman–Crippen LogP) is 2.76. The van der Waals surface area contributed by atoms with E-state index in [-0.39, 0.29) is 6.04 Å². The van der Waals surface area contributed by atoms with Gasteiger partial charge in [-0.3, -0.25) is 4.68 Å². The van der Waals surface area contributed by atoms with Crippen LogP contribution in [0.5, 0.6) is 0 Å². The monoisotopic (exact) mass is 235 g/mol. The lowest BCUT2D eigenvalue weighted by atomic mass is 10.0. The Morgan fingerprint density at radius 2 is 2.19 bits per heavy atom. The summed E-state index contributed by atoms with van der Waals surface area (Å²) in [4.78, 5) is 0. The topological polar surface area (TPSA) is 43.8 Å². The molecule has 1 atom stereocenters. The van der Waals surface area contributed by atoms with Gasteiger partial charge < -0.3 is 5.73 Å². The van der Waals surface area contributed by atoms with Crippen molar-refractivity contribution in [1.29, 1.82) is 0 Å². The number of hydrogen-bond acceptors (Lipinski definition) is 2. The summed E-state index contributed by atoms with van der Waals surface area (Å²) in [7, 11) is 1.90. The maximum absolute atomic E-state index is 5.98. The van der Waals surface area contributed by atoms with Crippen LogP contribution < -0.4 is 5.73 Å². The molecule has 0 spiro atoms. The molecule has 1 aromatic carbocycles. The molecule has 4 heteroatoms. The Bertz CT molecular complexity index is 503. The quantitative estimate of drug-likeness (QED) is 0.870. The second kappa shape index (κ2) is 4.28. The van der Waals surface area contributed by atoms with Gasteiger partial charge in [-0.25, -0.2) is 0 Å². The van der Waals surface area contributed by atoms with Crippen LogP contribution in [0.1, 0.15) is 18.7 Å². The fourth-order valence-electron chi connectivity index (χ4n) is 1.87. The van der Waals surface area contributed by atoms with Crippen molar-refractivity contribution in [2.45, 2.75) is 13.0 Å². The third-order valence-corrected chi connectivity index (χ3v) is 2.79. The largest absolute Gasteiger partial charge is 0.323 e. The summed E-state index contributed by atoms with van der Waals surface area (Å²) in [6, 6.07) is 7.66. The molecule has 2 N–H and O–H groups in total. The highest BCUT2D eigenvalue weighted by Crippen LogP contribution is 2.28. The summed E-state index contributed by atoms with van der Waals surface area (Å²) in [6.07, 6.45) is 1.82. The first-order valence-corrected chi connectivity index (χ1v) is 5.51. The van der Waals surface area contributed by atoms with Crippen molar-refractivity contribution >= 4 is 11.6 Å². The number of aryl methyl sites for hydroxylation is 1. The van der Waals surface area contributed by atoms with Crippen LogP contribution in [-0.2, 0) is 7.05 Å². The second-order valence-corrected chi connectivity index (χ2v) is 4.30. The molecule has 16 heavy (non-hydrogen) atoms. The van der Waals surface area contributed by atoms with Crippen LogP contribution in [0.25, 0.3) is 11.1 Å². The number of benzene rings is 1. The van der Waals surface area contributed by atoms with Crippen molar-refractivity contribution in [2.24, 2.45) is 12.8 Å². The first-order valence-electron chi connectivity index (χ1n) is 5.13. The van der Waals surface area contributed by atoms with E-state index >= 15 is 0 Å². The van der Waals surface area contributed by atoms with Gasteiger partial charge in [0.15, 0.2) is 0 Å². The van der Waals surface area contributed by atoms with E-state index < -0.39 is 0 Å². The second-order valence-electron chi connectivity index (χ2n) is 3.87. The molecule has 0 fully saturated rings. The Morgan fingerprint density at radius 1 is 1.44 bits per heavy atom. The van der Waals surface area contributed by atoms with Crippen molar-refractivity contribution in [2.75, 3.05) is 0 Å². The highest BCUT2D eigenvalue weighted by molar-refractivity contribution is 6.30. The zero-order chi connectivity index (χ0) is 11.7. The number of rotatable bonds is 2. The number of halogens is 1. The molecule has 1 aromatic heterocycles. The van der Waals surface area contributed by atoms with Gasteiger partial charge in [0.2, 0.25) is 0 Å². The van der Waals surface area contributed by atoms with Gasteiger partial charge in [0.25, 0.3) is 0 Å². The van der Waals surface area contributed by atoms with Gasteiger partial charge in [-0.2, -0.15) is 5.10 Å². The van der Waals surface area contributed by atoms with Crippen LogP contribution in [0.15, 0.2) is 30.5 Å². The number of aromatic nitrogens is 2. The minimum absolute atomic E-state index is 0.0542. The van der Waals surface area contributed by atoms with Gasteiger partial charge in [-0.15, -0.1) is 0 Å². The highest BCUT2D eigenvalue weighted by Gasteiger charge is 2.13. The van der Waals surface area contributed by atoms with Gasteiger partial charge in [0.1, 0.15) is 0 Å². The third-order valence-electron chi connectivity index (χ3n) is 2.55. The maximum Gasteiger partial charge on any atom is 0.0623 e. The van der Waals surface area contributed by atoms with Crippen molar-refractivity contribution in [3.63, 3.8) is 0 Å². The average Bonchev–Trinajstić information content (AvgIpc) is 2.60. The molecule has 2 rings (SSSR count). The molecule has 0 aliphatic heterocycles. The van der Waals surface area contributed by atoms with Crippen LogP contribution in [0.4, 0.5) is 0 Å². The van der Waals surface area contributed by atoms with Gasteiger partial charge >= 0.3 is 0 Å². The van der Waals surface area contributed by atoms with Crippen LogP contribution in [-0.4, -0.2) is 9.78 Å². The lowest BCUT2D eigenvalue weighted by molar-refractivity contribution is 0.655. The molecule has 2 aromatic rings. The molecule has 0 bridgehead atoms. The summed E-state index contributed by atoms with van der Waals surface area (Å²) in [5.41, 5.74) is 9.05. The minimum atomic E-state index is -0.0542.